The van der Waals surface area contributed by atoms with E-state index in [0.29, 0.717) is 10.4 Å². The molecule has 0 radical (unpaired) electrons. The molecule has 0 fully saturated rings. The highest BCUT2D eigenvalue weighted by molar-refractivity contribution is 9.08. The smallest absolute Gasteiger partial charge is 0.178 e. The molecule has 0 saturated carbocycles. The zero-order valence-electron chi connectivity index (χ0n) is 9.47. The summed E-state index contributed by atoms with van der Waals surface area (Å²) in [5.74, 6) is 0. The van der Waals surface area contributed by atoms with Gasteiger partial charge in [0.2, 0.25) is 0 Å². The van der Waals surface area contributed by atoms with Crippen LogP contribution in [-0.2, 0) is 15.2 Å². The zero-order chi connectivity index (χ0) is 13.3. The van der Waals surface area contributed by atoms with E-state index in [1.54, 1.807) is 12.1 Å². The van der Waals surface area contributed by atoms with Gasteiger partial charge in [0.25, 0.3) is 0 Å². The van der Waals surface area contributed by atoms with Crippen molar-refractivity contribution < 1.29 is 8.42 Å². The van der Waals surface area contributed by atoms with Crippen LogP contribution in [0.25, 0.3) is 5.69 Å². The number of aromatic nitrogens is 2. The minimum absolute atomic E-state index is 0.183. The number of sulfone groups is 1. The van der Waals surface area contributed by atoms with Gasteiger partial charge in [-0.05, 0) is 12.1 Å². The van der Waals surface area contributed by atoms with Gasteiger partial charge in [-0.15, -0.1) is 0 Å². The maximum Gasteiger partial charge on any atom is 0.178 e. The summed E-state index contributed by atoms with van der Waals surface area (Å²) in [6.45, 7) is 0. The summed E-state index contributed by atoms with van der Waals surface area (Å²) in [4.78, 5) is 0.183. The first-order valence-corrected chi connectivity index (χ1v) is 8.41. The summed E-state index contributed by atoms with van der Waals surface area (Å²) < 4.78 is 24.3. The number of hydrogen-bond donors (Lipinski definition) is 0. The Morgan fingerprint density at radius 3 is 2.72 bits per heavy atom. The molecule has 0 N–H and O–H groups in total. The first kappa shape index (κ1) is 13.6. The molecule has 2 rings (SSSR count). The number of alkyl halides is 1. The highest BCUT2D eigenvalue weighted by atomic mass is 79.9. The molecule has 18 heavy (non-hydrogen) atoms. The number of rotatable bonds is 3. The molecule has 2 aromatic rings. The molecule has 0 unspecified atom stereocenters. The predicted octanol–water partition coefficient (Wildman–Crippen LogP) is 2.82. The first-order chi connectivity index (χ1) is 8.43. The first-order valence-electron chi connectivity index (χ1n) is 5.02. The summed E-state index contributed by atoms with van der Waals surface area (Å²) in [6.07, 6.45) is 3.96. The molecule has 0 aliphatic carbocycles. The lowest BCUT2D eigenvalue weighted by molar-refractivity contribution is 0.602. The Kier molecular flexibility index (Phi) is 3.79. The van der Waals surface area contributed by atoms with Gasteiger partial charge in [0.1, 0.15) is 4.90 Å². The van der Waals surface area contributed by atoms with Crippen LogP contribution < -0.4 is 0 Å². The van der Waals surface area contributed by atoms with Crippen molar-refractivity contribution in [1.29, 1.82) is 0 Å². The molecule has 7 heteroatoms. The molecule has 0 aliphatic heterocycles. The zero-order valence-corrected chi connectivity index (χ0v) is 12.6. The van der Waals surface area contributed by atoms with Crippen LogP contribution in [0.4, 0.5) is 0 Å². The highest BCUT2D eigenvalue weighted by Gasteiger charge is 2.13. The lowest BCUT2D eigenvalue weighted by Crippen LogP contribution is -2.00. The molecule has 1 heterocycles. The molecule has 1 aromatic carbocycles. The SMILES string of the molecule is CS(=O)(=O)c1cnn(-c2cccc(Cl)c2CBr)c1. The number of hydrogen-bond acceptors (Lipinski definition) is 3. The lowest BCUT2D eigenvalue weighted by Gasteiger charge is -2.08. The summed E-state index contributed by atoms with van der Waals surface area (Å²) in [6, 6.07) is 5.41. The van der Waals surface area contributed by atoms with Crippen molar-refractivity contribution >= 4 is 37.4 Å². The number of halogens is 2. The third-order valence-corrected chi connectivity index (χ3v) is 4.44. The third-order valence-electron chi connectivity index (χ3n) is 2.46. The van der Waals surface area contributed by atoms with Crippen LogP contribution in [0.5, 0.6) is 0 Å². The van der Waals surface area contributed by atoms with Gasteiger partial charge in [0.05, 0.1) is 11.9 Å². The molecule has 4 nitrogen and oxygen atoms in total. The summed E-state index contributed by atoms with van der Waals surface area (Å²) >= 11 is 9.45. The summed E-state index contributed by atoms with van der Waals surface area (Å²) in [7, 11) is -3.25. The fourth-order valence-electron chi connectivity index (χ4n) is 1.52. The molecule has 0 spiro atoms. The maximum atomic E-state index is 11.4. The molecule has 96 valence electrons. The van der Waals surface area contributed by atoms with Gasteiger partial charge in [-0.25, -0.2) is 13.1 Å². The van der Waals surface area contributed by atoms with Gasteiger partial charge in [-0.2, -0.15) is 5.10 Å². The van der Waals surface area contributed by atoms with Crippen LogP contribution in [0, 0.1) is 0 Å². The Morgan fingerprint density at radius 1 is 1.44 bits per heavy atom. The average molecular weight is 350 g/mol. The van der Waals surface area contributed by atoms with Gasteiger partial charge >= 0.3 is 0 Å². The van der Waals surface area contributed by atoms with Crippen molar-refractivity contribution in [3.8, 4) is 5.69 Å². The van der Waals surface area contributed by atoms with Crippen LogP contribution in [0.2, 0.25) is 5.02 Å². The van der Waals surface area contributed by atoms with Crippen LogP contribution in [0.3, 0.4) is 0 Å². The standard InChI is InChI=1S/C11H10BrClN2O2S/c1-18(16,17)8-6-14-15(7-8)11-4-2-3-10(13)9(11)5-12/h2-4,6-7H,5H2,1H3. The molecule has 0 saturated heterocycles. The number of benzene rings is 1. The van der Waals surface area contributed by atoms with Crippen LogP contribution in [-0.4, -0.2) is 24.5 Å². The average Bonchev–Trinajstić information content (AvgIpc) is 2.77. The Bertz CT molecular complexity index is 682. The molecule has 0 amide bonds. The Morgan fingerprint density at radius 2 is 2.17 bits per heavy atom. The highest BCUT2D eigenvalue weighted by Crippen LogP contribution is 2.25. The second-order valence-corrected chi connectivity index (χ2v) is 6.75. The molecule has 1 aromatic heterocycles. The lowest BCUT2D eigenvalue weighted by atomic mass is 10.2. The van der Waals surface area contributed by atoms with Crippen LogP contribution >= 0.6 is 27.5 Å². The third kappa shape index (κ3) is 2.60. The maximum absolute atomic E-state index is 11.4. The normalized spacial score (nSPS) is 11.7. The van der Waals surface area contributed by atoms with E-state index in [0.717, 1.165) is 17.5 Å². The van der Waals surface area contributed by atoms with Crippen molar-refractivity contribution in [1.82, 2.24) is 9.78 Å². The van der Waals surface area contributed by atoms with Gasteiger partial charge in [-0.3, -0.25) is 0 Å². The van der Waals surface area contributed by atoms with E-state index in [2.05, 4.69) is 21.0 Å². The predicted molar refractivity (Wildman–Crippen MR) is 74.3 cm³/mol. The van der Waals surface area contributed by atoms with Crippen molar-refractivity contribution in [3.05, 3.63) is 41.2 Å². The van der Waals surface area contributed by atoms with Gasteiger partial charge in [0, 0.05) is 28.4 Å². The summed E-state index contributed by atoms with van der Waals surface area (Å²) in [5, 5.41) is 5.24. The topological polar surface area (TPSA) is 52.0 Å². The fraction of sp³-hybridized carbons (Fsp3) is 0.182. The molecular weight excluding hydrogens is 340 g/mol. The number of nitrogens with zero attached hydrogens (tertiary/aromatic N) is 2. The van der Waals surface area contributed by atoms with Crippen molar-refractivity contribution in [2.24, 2.45) is 0 Å². The van der Waals surface area contributed by atoms with E-state index in [1.165, 1.54) is 17.1 Å². The van der Waals surface area contributed by atoms with Crippen LogP contribution in [0.1, 0.15) is 5.56 Å². The monoisotopic (exact) mass is 348 g/mol. The van der Waals surface area contributed by atoms with E-state index in [9.17, 15) is 8.42 Å². The second-order valence-electron chi connectivity index (χ2n) is 3.76. The van der Waals surface area contributed by atoms with Gasteiger partial charge < -0.3 is 0 Å². The molecular formula is C11H10BrClN2O2S. The largest absolute Gasteiger partial charge is 0.239 e. The molecule has 0 aliphatic rings. The van der Waals surface area contributed by atoms with E-state index < -0.39 is 9.84 Å². The minimum atomic E-state index is -3.25. The molecule has 0 bridgehead atoms. The second kappa shape index (κ2) is 5.03. The summed E-state index contributed by atoms with van der Waals surface area (Å²) in [5.41, 5.74) is 1.62. The quantitative estimate of drug-likeness (QED) is 0.801. The minimum Gasteiger partial charge on any atom is -0.239 e. The van der Waals surface area contributed by atoms with Crippen molar-refractivity contribution in [2.45, 2.75) is 10.2 Å². The van der Waals surface area contributed by atoms with Crippen molar-refractivity contribution in [2.75, 3.05) is 6.26 Å². The Labute approximate surface area is 119 Å². The Balaban J connectivity index is 2.57. The van der Waals surface area contributed by atoms with E-state index in [1.807, 2.05) is 6.07 Å². The van der Waals surface area contributed by atoms with Crippen molar-refractivity contribution in [3.63, 3.8) is 0 Å². The Hall–Kier alpha value is -0.850. The molecule has 0 atom stereocenters. The van der Waals surface area contributed by atoms with E-state index >= 15 is 0 Å². The van der Waals surface area contributed by atoms with E-state index in [-0.39, 0.29) is 4.90 Å². The van der Waals surface area contributed by atoms with Gasteiger partial charge in [0.15, 0.2) is 9.84 Å². The van der Waals surface area contributed by atoms with E-state index in [4.69, 9.17) is 11.6 Å². The van der Waals surface area contributed by atoms with Gasteiger partial charge in [-0.1, -0.05) is 33.6 Å². The van der Waals surface area contributed by atoms with Crippen LogP contribution in [0.15, 0.2) is 35.5 Å². The fourth-order valence-corrected chi connectivity index (χ4v) is 3.04.